The van der Waals surface area contributed by atoms with Crippen LogP contribution in [-0.2, 0) is 9.53 Å². The van der Waals surface area contributed by atoms with Crippen molar-refractivity contribution < 1.29 is 28.2 Å². The smallest absolute Gasteiger partial charge is 0.311 e. The lowest BCUT2D eigenvalue weighted by molar-refractivity contribution is -0.154. The summed E-state index contributed by atoms with van der Waals surface area (Å²) in [5.74, 6) is -4.65. The second-order valence-corrected chi connectivity index (χ2v) is 4.84. The van der Waals surface area contributed by atoms with Crippen molar-refractivity contribution in [3.05, 3.63) is 29.6 Å². The predicted octanol–water partition coefficient (Wildman–Crippen LogP) is 0.971. The summed E-state index contributed by atoms with van der Waals surface area (Å²) in [5.41, 5.74) is -1.65. The van der Waals surface area contributed by atoms with Gasteiger partial charge in [0.05, 0.1) is 11.0 Å². The Morgan fingerprint density at radius 1 is 1.38 bits per heavy atom. The number of carboxylic acid groups (broad SMARTS) is 1. The average Bonchev–Trinajstić information content (AvgIpc) is 2.48. The van der Waals surface area contributed by atoms with Gasteiger partial charge >= 0.3 is 5.97 Å². The van der Waals surface area contributed by atoms with Crippen LogP contribution in [0.2, 0.25) is 0 Å². The number of rotatable bonds is 4. The number of amides is 1. The molecule has 0 aromatic carbocycles. The van der Waals surface area contributed by atoms with Crippen LogP contribution < -0.4 is 5.32 Å². The van der Waals surface area contributed by atoms with Gasteiger partial charge in [-0.1, -0.05) is 0 Å². The molecule has 2 heterocycles. The molecule has 0 atom stereocenters. The SMILES string of the molecule is O=C(NCC1(C(=O)O)CCOCC1)c1ccnc(F)c1F. The predicted molar refractivity (Wildman–Crippen MR) is 66.6 cm³/mol. The minimum atomic E-state index is -1.37. The van der Waals surface area contributed by atoms with Crippen LogP contribution in [0.4, 0.5) is 8.78 Å². The van der Waals surface area contributed by atoms with Crippen LogP contribution in [-0.4, -0.2) is 41.7 Å². The number of pyridine rings is 1. The monoisotopic (exact) mass is 300 g/mol. The second kappa shape index (κ2) is 6.13. The third-order valence-electron chi connectivity index (χ3n) is 3.58. The number of halogens is 2. The van der Waals surface area contributed by atoms with Crippen molar-refractivity contribution >= 4 is 11.9 Å². The summed E-state index contributed by atoms with van der Waals surface area (Å²) in [6, 6.07) is 1.03. The minimum Gasteiger partial charge on any atom is -0.481 e. The van der Waals surface area contributed by atoms with Gasteiger partial charge in [-0.25, -0.2) is 9.37 Å². The van der Waals surface area contributed by atoms with Gasteiger partial charge in [-0.2, -0.15) is 4.39 Å². The Morgan fingerprint density at radius 3 is 2.67 bits per heavy atom. The number of carbonyl (C=O) groups is 2. The van der Waals surface area contributed by atoms with Crippen molar-refractivity contribution in [1.82, 2.24) is 10.3 Å². The molecule has 6 nitrogen and oxygen atoms in total. The van der Waals surface area contributed by atoms with Crippen LogP contribution in [0.1, 0.15) is 23.2 Å². The quantitative estimate of drug-likeness (QED) is 0.809. The maximum Gasteiger partial charge on any atom is 0.311 e. The fourth-order valence-electron chi connectivity index (χ4n) is 2.17. The van der Waals surface area contributed by atoms with Gasteiger partial charge in [-0.3, -0.25) is 9.59 Å². The van der Waals surface area contributed by atoms with E-state index in [0.717, 1.165) is 12.3 Å². The molecule has 2 N–H and O–H groups in total. The first-order valence-corrected chi connectivity index (χ1v) is 6.36. The normalized spacial score (nSPS) is 17.2. The summed E-state index contributed by atoms with van der Waals surface area (Å²) in [5, 5.41) is 11.7. The van der Waals surface area contributed by atoms with Gasteiger partial charge < -0.3 is 15.2 Å². The number of hydrogen-bond acceptors (Lipinski definition) is 4. The molecule has 0 aliphatic carbocycles. The highest BCUT2D eigenvalue weighted by molar-refractivity contribution is 5.94. The molecular formula is C13H14F2N2O4. The van der Waals surface area contributed by atoms with Crippen LogP contribution in [0.25, 0.3) is 0 Å². The van der Waals surface area contributed by atoms with Crippen LogP contribution in [0.5, 0.6) is 0 Å². The Morgan fingerprint density at radius 2 is 2.05 bits per heavy atom. The molecule has 0 unspecified atom stereocenters. The summed E-state index contributed by atoms with van der Waals surface area (Å²) in [4.78, 5) is 26.3. The van der Waals surface area contributed by atoms with E-state index in [4.69, 9.17) is 4.74 Å². The number of ether oxygens (including phenoxy) is 1. The molecule has 1 amide bonds. The Balaban J connectivity index is 2.09. The maximum atomic E-state index is 13.4. The molecular weight excluding hydrogens is 286 g/mol. The Kier molecular flexibility index (Phi) is 4.46. The molecule has 1 aromatic heterocycles. The molecule has 114 valence electrons. The molecule has 0 bridgehead atoms. The molecule has 1 saturated heterocycles. The third kappa shape index (κ3) is 3.15. The lowest BCUT2D eigenvalue weighted by atomic mass is 9.80. The standard InChI is InChI=1S/C13H14F2N2O4/c14-9-8(1-4-16-10(9)15)11(18)17-7-13(12(19)20)2-5-21-6-3-13/h1,4H,2-3,5-7H2,(H,17,18)(H,19,20). The van der Waals surface area contributed by atoms with Gasteiger partial charge in [0.2, 0.25) is 5.95 Å². The van der Waals surface area contributed by atoms with Gasteiger partial charge in [0.1, 0.15) is 0 Å². The molecule has 1 fully saturated rings. The zero-order valence-corrected chi connectivity index (χ0v) is 11.1. The van der Waals surface area contributed by atoms with Gasteiger partial charge in [-0.05, 0) is 18.9 Å². The highest BCUT2D eigenvalue weighted by atomic mass is 19.2. The van der Waals surface area contributed by atoms with Gasteiger partial charge in [0.15, 0.2) is 5.82 Å². The van der Waals surface area contributed by atoms with E-state index in [-0.39, 0.29) is 32.6 Å². The zero-order chi connectivity index (χ0) is 15.5. The van der Waals surface area contributed by atoms with Crippen LogP contribution >= 0.6 is 0 Å². The number of nitrogens with zero attached hydrogens (tertiary/aromatic N) is 1. The van der Waals surface area contributed by atoms with E-state index in [9.17, 15) is 23.5 Å². The number of hydrogen-bond donors (Lipinski definition) is 2. The first-order chi connectivity index (χ1) is 9.96. The molecule has 8 heteroatoms. The summed E-state index contributed by atoms with van der Waals surface area (Å²) >= 11 is 0. The van der Waals surface area contributed by atoms with Crippen molar-refractivity contribution in [3.63, 3.8) is 0 Å². The van der Waals surface area contributed by atoms with Crippen LogP contribution in [0.3, 0.4) is 0 Å². The van der Waals surface area contributed by atoms with Gasteiger partial charge in [0, 0.05) is 26.0 Å². The number of carbonyl (C=O) groups excluding carboxylic acids is 1. The third-order valence-corrected chi connectivity index (χ3v) is 3.58. The lowest BCUT2D eigenvalue weighted by Gasteiger charge is -2.33. The molecule has 1 aliphatic heterocycles. The molecule has 21 heavy (non-hydrogen) atoms. The molecule has 1 aromatic rings. The number of aromatic nitrogens is 1. The minimum absolute atomic E-state index is 0.173. The molecule has 0 saturated carbocycles. The fourth-order valence-corrected chi connectivity index (χ4v) is 2.17. The second-order valence-electron chi connectivity index (χ2n) is 4.84. The largest absolute Gasteiger partial charge is 0.481 e. The van der Waals surface area contributed by atoms with E-state index in [2.05, 4.69) is 10.3 Å². The summed E-state index contributed by atoms with van der Waals surface area (Å²) in [7, 11) is 0. The van der Waals surface area contributed by atoms with E-state index in [1.165, 1.54) is 0 Å². The number of carboxylic acids is 1. The van der Waals surface area contributed by atoms with E-state index in [0.29, 0.717) is 0 Å². The van der Waals surface area contributed by atoms with Crippen molar-refractivity contribution in [1.29, 1.82) is 0 Å². The van der Waals surface area contributed by atoms with E-state index in [1.807, 2.05) is 0 Å². The fraction of sp³-hybridized carbons (Fsp3) is 0.462. The Hall–Kier alpha value is -2.09. The van der Waals surface area contributed by atoms with Gasteiger partial charge in [-0.15, -0.1) is 0 Å². The van der Waals surface area contributed by atoms with E-state index in [1.54, 1.807) is 0 Å². The van der Waals surface area contributed by atoms with E-state index >= 15 is 0 Å². The first-order valence-electron chi connectivity index (χ1n) is 6.36. The summed E-state index contributed by atoms with van der Waals surface area (Å²) < 4.78 is 31.5. The molecule has 0 radical (unpaired) electrons. The topological polar surface area (TPSA) is 88.5 Å². The number of nitrogens with one attached hydrogen (secondary N) is 1. The highest BCUT2D eigenvalue weighted by Crippen LogP contribution is 2.30. The Labute approximate surface area is 119 Å². The summed E-state index contributed by atoms with van der Waals surface area (Å²) in [6.45, 7) is 0.384. The van der Waals surface area contributed by atoms with Crippen LogP contribution in [0, 0.1) is 17.2 Å². The van der Waals surface area contributed by atoms with Crippen LogP contribution in [0.15, 0.2) is 12.3 Å². The molecule has 0 spiro atoms. The van der Waals surface area contributed by atoms with Crippen molar-refractivity contribution in [3.8, 4) is 0 Å². The van der Waals surface area contributed by atoms with Crippen molar-refractivity contribution in [2.75, 3.05) is 19.8 Å². The lowest BCUT2D eigenvalue weighted by Crippen LogP contribution is -2.46. The first kappa shape index (κ1) is 15.3. The zero-order valence-electron chi connectivity index (χ0n) is 11.1. The molecule has 1 aliphatic rings. The van der Waals surface area contributed by atoms with Crippen molar-refractivity contribution in [2.24, 2.45) is 5.41 Å². The number of aliphatic carboxylic acids is 1. The van der Waals surface area contributed by atoms with Crippen molar-refractivity contribution in [2.45, 2.75) is 12.8 Å². The molecule has 2 rings (SSSR count). The summed E-state index contributed by atoms with van der Waals surface area (Å²) in [6.07, 6.45) is 1.46. The average molecular weight is 300 g/mol. The maximum absolute atomic E-state index is 13.4. The van der Waals surface area contributed by atoms with Gasteiger partial charge in [0.25, 0.3) is 5.91 Å². The highest BCUT2D eigenvalue weighted by Gasteiger charge is 2.40. The Bertz CT molecular complexity index is 559. The van der Waals surface area contributed by atoms with E-state index < -0.39 is 34.6 Å².